The molecule has 0 aromatic heterocycles. The Bertz CT molecular complexity index is 984. The fourth-order valence-corrected chi connectivity index (χ4v) is 7.42. The topological polar surface area (TPSA) is 240 Å². The molecule has 3 amide bonds. The van der Waals surface area contributed by atoms with Crippen LogP contribution in [-0.4, -0.2) is 94.4 Å². The number of hydrogen-bond donors (Lipinski definition) is 3. The van der Waals surface area contributed by atoms with Crippen molar-refractivity contribution in [1.82, 2.24) is 16.0 Å². The second kappa shape index (κ2) is 16.2. The van der Waals surface area contributed by atoms with Crippen LogP contribution in [0.1, 0.15) is 79.1 Å². The van der Waals surface area contributed by atoms with Gasteiger partial charge >= 0.3 is 17.9 Å². The number of esters is 2. The molecule has 4 unspecified atom stereocenters. The molecule has 4 aliphatic rings. The molecule has 4 rings (SSSR count). The van der Waals surface area contributed by atoms with Crippen molar-refractivity contribution in [2.45, 2.75) is 103 Å². The summed E-state index contributed by atoms with van der Waals surface area (Å²) in [6, 6.07) is -1.12. The van der Waals surface area contributed by atoms with Crippen molar-refractivity contribution in [3.63, 3.8) is 0 Å². The van der Waals surface area contributed by atoms with Crippen LogP contribution in [0.5, 0.6) is 0 Å². The number of aliphatic carboxylic acids is 1. The predicted molar refractivity (Wildman–Crippen MR) is 159 cm³/mol. The fourth-order valence-electron chi connectivity index (χ4n) is 7.42. The molecule has 8 atom stereocenters. The Labute approximate surface area is 259 Å². The van der Waals surface area contributed by atoms with Crippen molar-refractivity contribution in [1.29, 1.82) is 0 Å². The van der Waals surface area contributed by atoms with E-state index in [1.165, 1.54) is 19.1 Å². The van der Waals surface area contributed by atoms with Crippen LogP contribution in [-0.2, 0) is 38.2 Å². The summed E-state index contributed by atoms with van der Waals surface area (Å²) in [6.45, 7) is 7.55. The molecule has 2 saturated carbocycles. The molecular formula is C30H52N4O10. The fraction of sp³-hybridized carbons (Fsp3) is 0.800. The summed E-state index contributed by atoms with van der Waals surface area (Å²) in [4.78, 5) is 75.1. The minimum Gasteiger partial charge on any atom is -0.480 e. The molecule has 14 nitrogen and oxygen atoms in total. The van der Waals surface area contributed by atoms with E-state index >= 15 is 0 Å². The molecule has 2 aliphatic carbocycles. The average Bonchev–Trinajstić information content (AvgIpc) is 3.74. The number of hydrogen-bond acceptors (Lipinski definition) is 9. The largest absolute Gasteiger partial charge is 0.480 e. The third-order valence-electron chi connectivity index (χ3n) is 9.70. The SMILES string of the molecule is COC(=O)C[C@H](C(=O)N1C2CCC(C2)[C@H]1C(=O)O)C(C)C.COC(=O)C[C@H](C(=O)N1C2CCC(C2)[C@H]1C(N)=O)C(C)C.N.O. The molecule has 2 aliphatic heterocycles. The van der Waals surface area contributed by atoms with Gasteiger partial charge in [-0.05, 0) is 62.2 Å². The monoisotopic (exact) mass is 628 g/mol. The van der Waals surface area contributed by atoms with E-state index in [1.807, 2.05) is 27.7 Å². The van der Waals surface area contributed by atoms with Crippen molar-refractivity contribution in [3.8, 4) is 0 Å². The maximum absolute atomic E-state index is 12.9. The van der Waals surface area contributed by atoms with Gasteiger partial charge in [0, 0.05) is 12.1 Å². The third-order valence-corrected chi connectivity index (χ3v) is 9.70. The van der Waals surface area contributed by atoms with Crippen LogP contribution in [0.4, 0.5) is 0 Å². The van der Waals surface area contributed by atoms with Crippen LogP contribution < -0.4 is 11.9 Å². The number of carbonyl (C=O) groups is 6. The summed E-state index contributed by atoms with van der Waals surface area (Å²) >= 11 is 0. The molecule has 4 bridgehead atoms. The number of methoxy groups -OCH3 is 2. The molecule has 44 heavy (non-hydrogen) atoms. The van der Waals surface area contributed by atoms with Crippen LogP contribution in [0.2, 0.25) is 0 Å². The first-order valence-electron chi connectivity index (χ1n) is 15.0. The smallest absolute Gasteiger partial charge is 0.326 e. The van der Waals surface area contributed by atoms with E-state index in [2.05, 4.69) is 9.47 Å². The zero-order valence-electron chi connectivity index (χ0n) is 26.8. The maximum Gasteiger partial charge on any atom is 0.326 e. The van der Waals surface area contributed by atoms with Crippen LogP contribution in [0.3, 0.4) is 0 Å². The number of rotatable bonds is 10. The van der Waals surface area contributed by atoms with Crippen molar-refractivity contribution in [2.75, 3.05) is 14.2 Å². The van der Waals surface area contributed by atoms with E-state index < -0.39 is 47.7 Å². The van der Waals surface area contributed by atoms with E-state index in [0.717, 1.165) is 38.5 Å². The highest BCUT2D eigenvalue weighted by Crippen LogP contribution is 2.45. The summed E-state index contributed by atoms with van der Waals surface area (Å²) in [6.07, 6.45) is 5.28. The van der Waals surface area contributed by atoms with E-state index in [-0.39, 0.29) is 72.0 Å². The Hall–Kier alpha value is -3.26. The average molecular weight is 629 g/mol. The van der Waals surface area contributed by atoms with Gasteiger partial charge in [0.15, 0.2) is 0 Å². The number of nitrogens with two attached hydrogens (primary N) is 1. The molecule has 2 saturated heterocycles. The second-order valence-corrected chi connectivity index (χ2v) is 12.8. The van der Waals surface area contributed by atoms with Crippen molar-refractivity contribution >= 4 is 35.6 Å². The number of piperidine rings is 2. The maximum atomic E-state index is 12.9. The van der Waals surface area contributed by atoms with Crippen molar-refractivity contribution < 1.29 is 48.8 Å². The van der Waals surface area contributed by atoms with Gasteiger partial charge in [0.05, 0.1) is 38.9 Å². The zero-order valence-corrected chi connectivity index (χ0v) is 26.8. The normalized spacial score (nSPS) is 27.5. The van der Waals surface area contributed by atoms with Gasteiger partial charge in [-0.1, -0.05) is 27.7 Å². The number of nitrogens with zero attached hydrogens (tertiary/aromatic N) is 2. The lowest BCUT2D eigenvalue weighted by Crippen LogP contribution is -2.54. The van der Waals surface area contributed by atoms with E-state index in [9.17, 15) is 33.9 Å². The van der Waals surface area contributed by atoms with Gasteiger partial charge < -0.3 is 41.7 Å². The first kappa shape index (κ1) is 38.8. The summed E-state index contributed by atoms with van der Waals surface area (Å²) in [5.74, 6) is -3.31. The first-order valence-corrected chi connectivity index (χ1v) is 15.0. The van der Waals surface area contributed by atoms with Crippen LogP contribution in [0.25, 0.3) is 0 Å². The Morgan fingerprint density at radius 1 is 0.727 bits per heavy atom. The molecule has 0 spiro atoms. The zero-order chi connectivity index (χ0) is 31.5. The number of carboxylic acid groups (broad SMARTS) is 1. The van der Waals surface area contributed by atoms with Gasteiger partial charge in [-0.15, -0.1) is 0 Å². The second-order valence-electron chi connectivity index (χ2n) is 12.8. The van der Waals surface area contributed by atoms with Crippen LogP contribution in [0.15, 0.2) is 0 Å². The number of fused-ring (bicyclic) bond motifs is 4. The summed E-state index contributed by atoms with van der Waals surface area (Å²) in [7, 11) is 2.61. The predicted octanol–water partition coefficient (Wildman–Crippen LogP) is 1.31. The standard InChI is InChI=1S/C15H24N2O4.C15H23NO5.H3N.H2O/c1-8(2)11(7-12(18)21-3)15(20)17-10-5-4-9(6-10)13(17)14(16)19;1-8(2)11(7-12(17)21-3)14(18)16-10-5-4-9(6-10)13(16)15(19)20;;/h8-11,13H,4-7H2,1-3H3,(H2,16,19);8-11,13H,4-7H2,1-3H3,(H,19,20);1H3;1H2/t2*9?,10?,11-,13-;;/m00../s1. The summed E-state index contributed by atoms with van der Waals surface area (Å²) in [5.41, 5.74) is 5.49. The highest BCUT2D eigenvalue weighted by atomic mass is 16.5. The molecule has 2 heterocycles. The van der Waals surface area contributed by atoms with Gasteiger partial charge in [0.1, 0.15) is 12.1 Å². The first-order chi connectivity index (χ1) is 19.7. The van der Waals surface area contributed by atoms with Crippen molar-refractivity contribution in [2.24, 2.45) is 41.2 Å². The van der Waals surface area contributed by atoms with Gasteiger partial charge in [-0.3, -0.25) is 24.0 Å². The number of ether oxygens (including phenoxy) is 2. The Balaban J connectivity index is 0.000000421. The van der Waals surface area contributed by atoms with Gasteiger partial charge in [0.25, 0.3) is 0 Å². The lowest BCUT2D eigenvalue weighted by Gasteiger charge is -2.36. The van der Waals surface area contributed by atoms with E-state index in [0.29, 0.717) is 0 Å². The molecule has 0 aromatic rings. The Morgan fingerprint density at radius 3 is 1.41 bits per heavy atom. The van der Waals surface area contributed by atoms with Crippen molar-refractivity contribution in [3.05, 3.63) is 0 Å². The molecule has 0 radical (unpaired) electrons. The van der Waals surface area contributed by atoms with Gasteiger partial charge in [-0.25, -0.2) is 4.79 Å². The highest BCUT2D eigenvalue weighted by molar-refractivity contribution is 5.91. The highest BCUT2D eigenvalue weighted by Gasteiger charge is 2.53. The van der Waals surface area contributed by atoms with E-state index in [4.69, 9.17) is 5.73 Å². The van der Waals surface area contributed by atoms with Gasteiger partial charge in [-0.2, -0.15) is 0 Å². The minimum atomic E-state index is -0.934. The molecule has 8 N–H and O–H groups in total. The lowest BCUT2D eigenvalue weighted by molar-refractivity contribution is -0.157. The number of primary amides is 1. The number of likely N-dealkylation sites (tertiary alicyclic amines) is 2. The van der Waals surface area contributed by atoms with Crippen LogP contribution >= 0.6 is 0 Å². The third kappa shape index (κ3) is 8.06. The molecule has 0 aromatic carbocycles. The van der Waals surface area contributed by atoms with Crippen LogP contribution in [0, 0.1) is 35.5 Å². The number of carbonyl (C=O) groups excluding carboxylic acids is 5. The molecule has 4 fully saturated rings. The Morgan fingerprint density at radius 2 is 1.09 bits per heavy atom. The number of carboxylic acids is 1. The summed E-state index contributed by atoms with van der Waals surface area (Å²) < 4.78 is 9.33. The molecule has 252 valence electrons. The Kier molecular flexibility index (Phi) is 14.2. The molecular weight excluding hydrogens is 576 g/mol. The lowest BCUT2D eigenvalue weighted by atomic mass is 9.89. The minimum absolute atomic E-state index is 0. The number of amides is 3. The van der Waals surface area contributed by atoms with Gasteiger partial charge in [0.2, 0.25) is 17.7 Å². The van der Waals surface area contributed by atoms with E-state index in [1.54, 1.807) is 4.90 Å². The summed E-state index contributed by atoms with van der Waals surface area (Å²) in [5, 5.41) is 9.42. The quantitative estimate of drug-likeness (QED) is 0.293. The molecule has 14 heteroatoms.